The van der Waals surface area contributed by atoms with E-state index >= 15 is 0 Å². The number of nitrogens with one attached hydrogen (secondary N) is 1. The minimum Gasteiger partial charge on any atom is -0.481 e. The van der Waals surface area contributed by atoms with E-state index in [4.69, 9.17) is 10.8 Å². The van der Waals surface area contributed by atoms with Gasteiger partial charge in [-0.2, -0.15) is 0 Å². The molecule has 4 N–H and O–H groups in total. The van der Waals surface area contributed by atoms with Gasteiger partial charge in [0.05, 0.1) is 12.0 Å². The van der Waals surface area contributed by atoms with Crippen LogP contribution in [0.15, 0.2) is 0 Å². The number of hydrogen-bond donors (Lipinski definition) is 3. The zero-order valence-electron chi connectivity index (χ0n) is 8.79. The number of carbonyl (C=O) groups is 2. The van der Waals surface area contributed by atoms with Crippen molar-refractivity contribution < 1.29 is 14.7 Å². The van der Waals surface area contributed by atoms with Crippen LogP contribution < -0.4 is 11.1 Å². The Morgan fingerprint density at radius 3 is 2.47 bits per heavy atom. The van der Waals surface area contributed by atoms with Gasteiger partial charge >= 0.3 is 5.97 Å². The molecule has 86 valence electrons. The van der Waals surface area contributed by atoms with E-state index in [9.17, 15) is 9.59 Å². The number of aliphatic carboxylic acids is 1. The maximum absolute atomic E-state index is 11.4. The van der Waals surface area contributed by atoms with E-state index in [1.165, 1.54) is 0 Å². The van der Waals surface area contributed by atoms with Crippen molar-refractivity contribution >= 4 is 11.9 Å². The summed E-state index contributed by atoms with van der Waals surface area (Å²) in [7, 11) is 0. The van der Waals surface area contributed by atoms with Crippen molar-refractivity contribution in [1.29, 1.82) is 0 Å². The molecule has 0 heterocycles. The molecule has 1 amide bonds. The summed E-state index contributed by atoms with van der Waals surface area (Å²) in [5, 5.41) is 11.6. The van der Waals surface area contributed by atoms with Crippen LogP contribution in [-0.2, 0) is 9.59 Å². The van der Waals surface area contributed by atoms with Gasteiger partial charge in [0.15, 0.2) is 0 Å². The van der Waals surface area contributed by atoms with Gasteiger partial charge in [0, 0.05) is 6.42 Å². The van der Waals surface area contributed by atoms with Crippen molar-refractivity contribution in [2.75, 3.05) is 6.54 Å². The summed E-state index contributed by atoms with van der Waals surface area (Å²) >= 11 is 0. The highest BCUT2D eigenvalue weighted by Gasteiger charge is 2.39. The Hall–Kier alpha value is -1.10. The molecule has 15 heavy (non-hydrogen) atoms. The maximum Gasteiger partial charge on any atom is 0.305 e. The van der Waals surface area contributed by atoms with Gasteiger partial charge in [-0.3, -0.25) is 9.59 Å². The molecule has 5 nitrogen and oxygen atoms in total. The Bertz CT molecular complexity index is 249. The van der Waals surface area contributed by atoms with Gasteiger partial charge in [-0.05, 0) is 32.2 Å². The number of rotatable bonds is 6. The molecule has 0 spiro atoms. The first-order valence-electron chi connectivity index (χ1n) is 5.31. The predicted octanol–water partition coefficient (Wildman–Crippen LogP) is 0.239. The summed E-state index contributed by atoms with van der Waals surface area (Å²) in [5.74, 6) is -0.935. The Labute approximate surface area is 89.0 Å². The second-order valence-corrected chi connectivity index (χ2v) is 4.14. The monoisotopic (exact) mass is 214 g/mol. The molecule has 0 aromatic carbocycles. The third-order valence-corrected chi connectivity index (χ3v) is 2.81. The van der Waals surface area contributed by atoms with Crippen LogP contribution in [-0.4, -0.2) is 29.1 Å². The summed E-state index contributed by atoms with van der Waals surface area (Å²) in [6.07, 6.45) is 3.60. The SMILES string of the molecule is NCCCC(=O)NC1(CC(=O)O)CCC1. The standard InChI is InChI=1S/C10H18N2O3/c11-6-1-3-8(13)12-10(4-2-5-10)7-9(14)15/h1-7,11H2,(H,12,13)(H,14,15). The molecular weight excluding hydrogens is 196 g/mol. The van der Waals surface area contributed by atoms with Crippen molar-refractivity contribution in [2.45, 2.75) is 44.1 Å². The molecule has 0 aromatic rings. The fourth-order valence-corrected chi connectivity index (χ4v) is 1.86. The number of nitrogens with two attached hydrogens (primary N) is 1. The highest BCUT2D eigenvalue weighted by molar-refractivity contribution is 5.78. The smallest absolute Gasteiger partial charge is 0.305 e. The van der Waals surface area contributed by atoms with Gasteiger partial charge in [0.2, 0.25) is 5.91 Å². The van der Waals surface area contributed by atoms with Gasteiger partial charge in [-0.15, -0.1) is 0 Å². The lowest BCUT2D eigenvalue weighted by atomic mass is 9.74. The molecule has 1 rings (SSSR count). The lowest BCUT2D eigenvalue weighted by molar-refractivity contribution is -0.140. The Morgan fingerprint density at radius 2 is 2.07 bits per heavy atom. The fraction of sp³-hybridized carbons (Fsp3) is 0.800. The van der Waals surface area contributed by atoms with Crippen LogP contribution in [0.5, 0.6) is 0 Å². The molecule has 5 heteroatoms. The summed E-state index contributed by atoms with van der Waals surface area (Å²) in [6.45, 7) is 0.485. The van der Waals surface area contributed by atoms with Crippen LogP contribution >= 0.6 is 0 Å². The van der Waals surface area contributed by atoms with Crippen LogP contribution in [0.1, 0.15) is 38.5 Å². The molecule has 0 bridgehead atoms. The first kappa shape index (κ1) is 12.0. The van der Waals surface area contributed by atoms with E-state index in [0.29, 0.717) is 19.4 Å². The van der Waals surface area contributed by atoms with E-state index in [1.54, 1.807) is 0 Å². The normalized spacial score (nSPS) is 17.9. The highest BCUT2D eigenvalue weighted by atomic mass is 16.4. The second-order valence-electron chi connectivity index (χ2n) is 4.14. The van der Waals surface area contributed by atoms with Gasteiger partial charge in [0.25, 0.3) is 0 Å². The Kier molecular flexibility index (Phi) is 4.08. The number of carboxylic acid groups (broad SMARTS) is 1. The Morgan fingerprint density at radius 1 is 1.40 bits per heavy atom. The van der Waals surface area contributed by atoms with Crippen molar-refractivity contribution in [1.82, 2.24) is 5.32 Å². The van der Waals surface area contributed by atoms with E-state index in [2.05, 4.69) is 5.32 Å². The summed E-state index contributed by atoms with van der Waals surface area (Å²) < 4.78 is 0. The van der Waals surface area contributed by atoms with Gasteiger partial charge in [-0.1, -0.05) is 0 Å². The first-order valence-corrected chi connectivity index (χ1v) is 5.31. The number of hydrogen-bond acceptors (Lipinski definition) is 3. The number of carbonyl (C=O) groups excluding carboxylic acids is 1. The van der Waals surface area contributed by atoms with Gasteiger partial charge < -0.3 is 16.2 Å². The van der Waals surface area contributed by atoms with E-state index in [0.717, 1.165) is 19.3 Å². The maximum atomic E-state index is 11.4. The first-order chi connectivity index (χ1) is 7.08. The zero-order valence-corrected chi connectivity index (χ0v) is 8.79. The molecule has 1 aliphatic carbocycles. The van der Waals surface area contributed by atoms with Crippen molar-refractivity contribution in [2.24, 2.45) is 5.73 Å². The van der Waals surface area contributed by atoms with Gasteiger partial charge in [0.1, 0.15) is 0 Å². The van der Waals surface area contributed by atoms with E-state index < -0.39 is 11.5 Å². The lowest BCUT2D eigenvalue weighted by Crippen LogP contribution is -2.54. The molecule has 0 aliphatic heterocycles. The molecule has 1 saturated carbocycles. The van der Waals surface area contributed by atoms with Crippen molar-refractivity contribution in [3.05, 3.63) is 0 Å². The molecular formula is C10H18N2O3. The number of amides is 1. The van der Waals surface area contributed by atoms with Crippen LogP contribution in [0, 0.1) is 0 Å². The predicted molar refractivity (Wildman–Crippen MR) is 55.3 cm³/mol. The Balaban J connectivity index is 2.38. The fourth-order valence-electron chi connectivity index (χ4n) is 1.86. The molecule has 0 atom stereocenters. The van der Waals surface area contributed by atoms with E-state index in [-0.39, 0.29) is 12.3 Å². The van der Waals surface area contributed by atoms with E-state index in [1.807, 2.05) is 0 Å². The largest absolute Gasteiger partial charge is 0.481 e. The topological polar surface area (TPSA) is 92.4 Å². The van der Waals surface area contributed by atoms with Crippen LogP contribution in [0.4, 0.5) is 0 Å². The van der Waals surface area contributed by atoms with Crippen LogP contribution in [0.2, 0.25) is 0 Å². The molecule has 1 fully saturated rings. The molecule has 0 aromatic heterocycles. The van der Waals surface area contributed by atoms with Crippen molar-refractivity contribution in [3.8, 4) is 0 Å². The van der Waals surface area contributed by atoms with Crippen molar-refractivity contribution in [3.63, 3.8) is 0 Å². The molecule has 0 unspecified atom stereocenters. The third-order valence-electron chi connectivity index (χ3n) is 2.81. The van der Waals surface area contributed by atoms with Gasteiger partial charge in [-0.25, -0.2) is 0 Å². The number of carboxylic acids is 1. The molecule has 0 radical (unpaired) electrons. The average Bonchev–Trinajstić information content (AvgIpc) is 2.10. The van der Waals surface area contributed by atoms with Crippen LogP contribution in [0.25, 0.3) is 0 Å². The second kappa shape index (κ2) is 5.11. The molecule has 1 aliphatic rings. The minimum absolute atomic E-state index is 0.0291. The highest BCUT2D eigenvalue weighted by Crippen LogP contribution is 2.34. The molecule has 0 saturated heterocycles. The average molecular weight is 214 g/mol. The summed E-state index contributed by atoms with van der Waals surface area (Å²) in [5.41, 5.74) is 4.82. The summed E-state index contributed by atoms with van der Waals surface area (Å²) in [4.78, 5) is 22.1. The summed E-state index contributed by atoms with van der Waals surface area (Å²) in [6, 6.07) is 0. The zero-order chi connectivity index (χ0) is 11.3. The quantitative estimate of drug-likeness (QED) is 0.590. The third kappa shape index (κ3) is 3.51. The lowest BCUT2D eigenvalue weighted by Gasteiger charge is -2.41. The minimum atomic E-state index is -0.853. The van der Waals surface area contributed by atoms with Crippen LogP contribution in [0.3, 0.4) is 0 Å².